The molecule has 0 bridgehead atoms. The molecule has 0 amide bonds. The molecular weight excluding hydrogens is 372 g/mol. The molecule has 4 nitrogen and oxygen atoms in total. The molecule has 0 unspecified atom stereocenters. The van der Waals surface area contributed by atoms with Crippen molar-refractivity contribution >= 4 is 22.7 Å². The molecule has 30 heavy (non-hydrogen) atoms. The predicted molar refractivity (Wildman–Crippen MR) is 124 cm³/mol. The van der Waals surface area contributed by atoms with E-state index >= 15 is 0 Å². The van der Waals surface area contributed by atoms with Crippen LogP contribution in [0, 0.1) is 27.7 Å². The number of fused-ring (bicyclic) bond motifs is 1. The highest BCUT2D eigenvalue weighted by molar-refractivity contribution is 6.02. The second-order valence-electron chi connectivity index (χ2n) is 7.74. The Labute approximate surface area is 175 Å². The zero-order chi connectivity index (χ0) is 21.4. The van der Waals surface area contributed by atoms with Crippen LogP contribution in [0.25, 0.3) is 16.5 Å². The van der Waals surface area contributed by atoms with Gasteiger partial charge in [-0.2, -0.15) is 0 Å². The minimum Gasteiger partial charge on any atom is -0.494 e. The first-order valence-corrected chi connectivity index (χ1v) is 9.92. The van der Waals surface area contributed by atoms with Crippen molar-refractivity contribution in [2.75, 3.05) is 0 Å². The lowest BCUT2D eigenvalue weighted by molar-refractivity contribution is 0.436. The topological polar surface area (TPSA) is 54.6 Å². The quantitative estimate of drug-likeness (QED) is 0.453. The van der Waals surface area contributed by atoms with Gasteiger partial charge in [-0.25, -0.2) is 4.57 Å². The number of aliphatic imine (C=N–C) groups is 1. The average Bonchev–Trinajstić information content (AvgIpc) is 2.72. The summed E-state index contributed by atoms with van der Waals surface area (Å²) in [6, 6.07) is 19.1. The second-order valence-corrected chi connectivity index (χ2v) is 7.74. The van der Waals surface area contributed by atoms with E-state index in [1.54, 1.807) is 12.3 Å². The molecular formula is C26H24N2O2. The van der Waals surface area contributed by atoms with E-state index < -0.39 is 0 Å². The number of aromatic nitrogens is 1. The van der Waals surface area contributed by atoms with Gasteiger partial charge in [0.05, 0.1) is 16.9 Å². The first-order valence-electron chi connectivity index (χ1n) is 9.92. The van der Waals surface area contributed by atoms with E-state index in [0.717, 1.165) is 22.4 Å². The van der Waals surface area contributed by atoms with Crippen molar-refractivity contribution in [2.24, 2.45) is 4.99 Å². The van der Waals surface area contributed by atoms with Crippen LogP contribution in [-0.4, -0.2) is 15.9 Å². The van der Waals surface area contributed by atoms with E-state index in [1.807, 2.05) is 76.2 Å². The molecule has 0 saturated carbocycles. The van der Waals surface area contributed by atoms with Gasteiger partial charge in [-0.3, -0.25) is 9.79 Å². The maximum atomic E-state index is 13.2. The van der Waals surface area contributed by atoms with Crippen LogP contribution < -0.4 is 5.56 Å². The number of aromatic hydroxyl groups is 1. The minimum absolute atomic E-state index is 0.115. The summed E-state index contributed by atoms with van der Waals surface area (Å²) < 4.78 is 1.36. The molecule has 1 N–H and O–H groups in total. The first-order chi connectivity index (χ1) is 14.4. The molecule has 1 heterocycles. The molecule has 1 aromatic heterocycles. The molecule has 4 heteroatoms. The normalized spacial score (nSPS) is 11.5. The van der Waals surface area contributed by atoms with Gasteiger partial charge in [0.15, 0.2) is 0 Å². The molecule has 150 valence electrons. The van der Waals surface area contributed by atoms with Crippen molar-refractivity contribution in [1.82, 2.24) is 4.57 Å². The Morgan fingerprint density at radius 2 is 1.57 bits per heavy atom. The van der Waals surface area contributed by atoms with Crippen molar-refractivity contribution in [1.29, 1.82) is 0 Å². The summed E-state index contributed by atoms with van der Waals surface area (Å²) >= 11 is 0. The molecule has 4 aromatic rings. The van der Waals surface area contributed by atoms with Crippen molar-refractivity contribution in [3.8, 4) is 11.6 Å². The summed E-state index contributed by atoms with van der Waals surface area (Å²) in [6.45, 7) is 8.06. The van der Waals surface area contributed by atoms with Crippen LogP contribution in [0.4, 0.5) is 5.69 Å². The summed E-state index contributed by atoms with van der Waals surface area (Å²) in [5.74, 6) is -0.115. The van der Waals surface area contributed by atoms with Crippen molar-refractivity contribution in [3.63, 3.8) is 0 Å². The van der Waals surface area contributed by atoms with E-state index in [9.17, 15) is 9.90 Å². The monoisotopic (exact) mass is 396 g/mol. The van der Waals surface area contributed by atoms with Crippen LogP contribution in [0.5, 0.6) is 5.88 Å². The number of benzene rings is 3. The molecule has 0 radical (unpaired) electrons. The average molecular weight is 396 g/mol. The van der Waals surface area contributed by atoms with Crippen LogP contribution in [0.15, 0.2) is 70.5 Å². The largest absolute Gasteiger partial charge is 0.494 e. The highest BCUT2D eigenvalue weighted by Gasteiger charge is 2.16. The predicted octanol–water partition coefficient (Wildman–Crippen LogP) is 5.68. The van der Waals surface area contributed by atoms with E-state index in [2.05, 4.69) is 11.1 Å². The number of rotatable bonds is 3. The van der Waals surface area contributed by atoms with Gasteiger partial charge < -0.3 is 5.11 Å². The molecule has 0 aliphatic rings. The van der Waals surface area contributed by atoms with E-state index in [4.69, 9.17) is 0 Å². The van der Waals surface area contributed by atoms with Gasteiger partial charge >= 0.3 is 0 Å². The fraction of sp³-hybridized carbons (Fsp3) is 0.154. The maximum absolute atomic E-state index is 13.2. The Morgan fingerprint density at radius 3 is 2.27 bits per heavy atom. The molecule has 0 atom stereocenters. The number of aryl methyl sites for hydroxylation is 4. The third kappa shape index (κ3) is 3.41. The van der Waals surface area contributed by atoms with Crippen molar-refractivity contribution < 1.29 is 5.11 Å². The van der Waals surface area contributed by atoms with E-state index in [0.29, 0.717) is 22.0 Å². The third-order valence-corrected chi connectivity index (χ3v) is 5.54. The lowest BCUT2D eigenvalue weighted by Crippen LogP contribution is -2.20. The van der Waals surface area contributed by atoms with Crippen LogP contribution in [0.1, 0.15) is 27.8 Å². The summed E-state index contributed by atoms with van der Waals surface area (Å²) in [5.41, 5.74) is 6.13. The Hall–Kier alpha value is -3.66. The van der Waals surface area contributed by atoms with Crippen LogP contribution in [0.3, 0.4) is 0 Å². The highest BCUT2D eigenvalue weighted by Crippen LogP contribution is 2.28. The lowest BCUT2D eigenvalue weighted by atomic mass is 10.1. The van der Waals surface area contributed by atoms with Gasteiger partial charge in [0.2, 0.25) is 5.88 Å². The van der Waals surface area contributed by atoms with E-state index in [-0.39, 0.29) is 11.4 Å². The van der Waals surface area contributed by atoms with Crippen LogP contribution in [-0.2, 0) is 0 Å². The Bertz CT molecular complexity index is 1360. The van der Waals surface area contributed by atoms with Gasteiger partial charge in [0, 0.05) is 17.0 Å². The molecule has 0 saturated heterocycles. The van der Waals surface area contributed by atoms with Crippen LogP contribution >= 0.6 is 0 Å². The summed E-state index contributed by atoms with van der Waals surface area (Å²) in [5, 5.41) is 12.4. The minimum atomic E-state index is -0.255. The molecule has 3 aromatic carbocycles. The van der Waals surface area contributed by atoms with Gasteiger partial charge in [-0.1, -0.05) is 42.0 Å². The maximum Gasteiger partial charge on any atom is 0.265 e. The van der Waals surface area contributed by atoms with E-state index in [1.165, 1.54) is 10.1 Å². The van der Waals surface area contributed by atoms with Gasteiger partial charge in [-0.15, -0.1) is 0 Å². The number of hydrogen-bond donors (Lipinski definition) is 1. The number of pyridine rings is 1. The molecule has 0 fully saturated rings. The fourth-order valence-corrected chi connectivity index (χ4v) is 3.68. The molecule has 4 rings (SSSR count). The highest BCUT2D eigenvalue weighted by atomic mass is 16.3. The van der Waals surface area contributed by atoms with Gasteiger partial charge in [-0.05, 0) is 68.7 Å². The standard InChI is InChI=1S/C26H24N2O2/c1-16-9-12-24(19(4)13-16)27-15-23-21-7-5-6-8-22(21)25(29)28(26(23)30)20-11-10-17(2)18(3)14-20/h5-15,30H,1-4H3. The Kier molecular flexibility index (Phi) is 5.00. The summed E-state index contributed by atoms with van der Waals surface area (Å²) in [4.78, 5) is 17.8. The lowest BCUT2D eigenvalue weighted by Gasteiger charge is -2.15. The zero-order valence-electron chi connectivity index (χ0n) is 17.6. The Morgan fingerprint density at radius 1 is 0.833 bits per heavy atom. The molecule has 0 aliphatic carbocycles. The van der Waals surface area contributed by atoms with Gasteiger partial charge in [0.25, 0.3) is 5.56 Å². The molecule has 0 spiro atoms. The number of hydrogen-bond acceptors (Lipinski definition) is 3. The SMILES string of the molecule is Cc1ccc(N=Cc2c(O)n(-c3ccc(C)c(C)c3)c(=O)c3ccccc23)c(C)c1. The van der Waals surface area contributed by atoms with Crippen molar-refractivity contribution in [2.45, 2.75) is 27.7 Å². The fourth-order valence-electron chi connectivity index (χ4n) is 3.68. The first kappa shape index (κ1) is 19.6. The summed E-state index contributed by atoms with van der Waals surface area (Å²) in [6.07, 6.45) is 1.65. The van der Waals surface area contributed by atoms with Crippen molar-refractivity contribution in [3.05, 3.63) is 98.8 Å². The second kappa shape index (κ2) is 7.64. The molecule has 0 aliphatic heterocycles. The Balaban J connectivity index is 1.98. The number of nitrogens with zero attached hydrogens (tertiary/aromatic N) is 2. The van der Waals surface area contributed by atoms with Crippen LogP contribution in [0.2, 0.25) is 0 Å². The zero-order valence-corrected chi connectivity index (χ0v) is 17.6. The summed E-state index contributed by atoms with van der Waals surface area (Å²) in [7, 11) is 0. The third-order valence-electron chi connectivity index (χ3n) is 5.54. The van der Waals surface area contributed by atoms with Gasteiger partial charge in [0.1, 0.15) is 0 Å². The smallest absolute Gasteiger partial charge is 0.265 e.